The first-order chi connectivity index (χ1) is 9.60. The molecule has 1 saturated carbocycles. The van der Waals surface area contributed by atoms with Crippen LogP contribution in [0.1, 0.15) is 44.6 Å². The van der Waals surface area contributed by atoms with Crippen molar-refractivity contribution in [2.24, 2.45) is 11.1 Å². The van der Waals surface area contributed by atoms with Crippen LogP contribution in [-0.4, -0.2) is 19.8 Å². The third-order valence-electron chi connectivity index (χ3n) is 4.64. The zero-order chi connectivity index (χ0) is 14.1. The molecule has 1 aromatic rings. The fourth-order valence-corrected chi connectivity index (χ4v) is 3.16. The third-order valence-corrected chi connectivity index (χ3v) is 4.64. The van der Waals surface area contributed by atoms with Crippen LogP contribution >= 0.6 is 0 Å². The van der Waals surface area contributed by atoms with E-state index in [9.17, 15) is 0 Å². The maximum Gasteiger partial charge on any atom is 0.119 e. The van der Waals surface area contributed by atoms with Crippen LogP contribution in [0.25, 0.3) is 0 Å². The maximum absolute atomic E-state index is 6.59. The third kappa shape index (κ3) is 2.84. The molecular formula is C17H25NO2. The molecule has 2 N–H and O–H groups in total. The lowest BCUT2D eigenvalue weighted by Crippen LogP contribution is -2.44. The Hall–Kier alpha value is -1.06. The molecule has 3 rings (SSSR count). The van der Waals surface area contributed by atoms with Gasteiger partial charge in [0, 0.05) is 11.0 Å². The van der Waals surface area contributed by atoms with E-state index >= 15 is 0 Å². The summed E-state index contributed by atoms with van der Waals surface area (Å²) >= 11 is 0. The van der Waals surface area contributed by atoms with E-state index < -0.39 is 0 Å². The van der Waals surface area contributed by atoms with Gasteiger partial charge in [0.1, 0.15) is 5.75 Å². The topological polar surface area (TPSA) is 44.5 Å². The van der Waals surface area contributed by atoms with Crippen LogP contribution in [0.2, 0.25) is 0 Å². The maximum atomic E-state index is 6.59. The van der Waals surface area contributed by atoms with Gasteiger partial charge in [-0.2, -0.15) is 0 Å². The lowest BCUT2D eigenvalue weighted by molar-refractivity contribution is -0.120. The zero-order valence-corrected chi connectivity index (χ0v) is 12.4. The molecule has 3 nitrogen and oxygen atoms in total. The highest BCUT2D eigenvalue weighted by molar-refractivity contribution is 5.33. The van der Waals surface area contributed by atoms with Gasteiger partial charge in [-0.25, -0.2) is 0 Å². The van der Waals surface area contributed by atoms with Gasteiger partial charge in [-0.1, -0.05) is 38.3 Å². The normalized spacial score (nSPS) is 23.9. The van der Waals surface area contributed by atoms with Gasteiger partial charge in [-0.3, -0.25) is 0 Å². The molecule has 1 heterocycles. The first-order valence-corrected chi connectivity index (χ1v) is 7.70. The van der Waals surface area contributed by atoms with E-state index in [1.807, 2.05) is 6.07 Å². The second-order valence-electron chi connectivity index (χ2n) is 6.84. The Balaban J connectivity index is 1.69. The fourth-order valence-electron chi connectivity index (χ4n) is 3.16. The highest BCUT2D eigenvalue weighted by Gasteiger charge is 2.34. The Labute approximate surface area is 121 Å². The predicted molar refractivity (Wildman–Crippen MR) is 79.8 cm³/mol. The molecule has 0 aromatic heterocycles. The summed E-state index contributed by atoms with van der Waals surface area (Å²) in [4.78, 5) is 0. The van der Waals surface area contributed by atoms with Gasteiger partial charge >= 0.3 is 0 Å². The van der Waals surface area contributed by atoms with Crippen LogP contribution in [0.4, 0.5) is 0 Å². The van der Waals surface area contributed by atoms with Crippen molar-refractivity contribution >= 4 is 0 Å². The van der Waals surface area contributed by atoms with Gasteiger partial charge in [0.15, 0.2) is 0 Å². The van der Waals surface area contributed by atoms with Gasteiger partial charge in [0.2, 0.25) is 0 Å². The molecule has 0 atom stereocenters. The van der Waals surface area contributed by atoms with Crippen molar-refractivity contribution in [2.45, 2.75) is 44.6 Å². The molecule has 2 aliphatic rings. The molecule has 0 amide bonds. The Morgan fingerprint density at radius 2 is 1.95 bits per heavy atom. The standard InChI is InChI=1S/C17H25NO2/c1-16(11-19-12-16)13-20-15-7-5-6-14(10-15)17(18)8-3-2-4-9-17/h5-7,10H,2-4,8-9,11-13,18H2,1H3. The van der Waals surface area contributed by atoms with E-state index in [0.717, 1.165) is 31.8 Å². The van der Waals surface area contributed by atoms with Crippen molar-refractivity contribution in [1.29, 1.82) is 0 Å². The summed E-state index contributed by atoms with van der Waals surface area (Å²) in [6, 6.07) is 8.37. The van der Waals surface area contributed by atoms with Crippen LogP contribution in [-0.2, 0) is 10.3 Å². The minimum absolute atomic E-state index is 0.152. The summed E-state index contributed by atoms with van der Waals surface area (Å²) in [6.07, 6.45) is 5.95. The molecule has 1 aliphatic carbocycles. The molecule has 0 spiro atoms. The molecule has 0 unspecified atom stereocenters. The Morgan fingerprint density at radius 3 is 2.60 bits per heavy atom. The Bertz CT molecular complexity index is 462. The summed E-state index contributed by atoms with van der Waals surface area (Å²) in [5.74, 6) is 0.936. The van der Waals surface area contributed by atoms with Crippen molar-refractivity contribution in [3.05, 3.63) is 29.8 Å². The highest BCUT2D eigenvalue weighted by Crippen LogP contribution is 2.36. The van der Waals surface area contributed by atoms with Gasteiger partial charge < -0.3 is 15.2 Å². The average Bonchev–Trinajstić information content (AvgIpc) is 2.44. The van der Waals surface area contributed by atoms with Crippen LogP contribution in [0.3, 0.4) is 0 Å². The molecule has 1 saturated heterocycles. The van der Waals surface area contributed by atoms with Gasteiger partial charge in [-0.05, 0) is 30.5 Å². The Morgan fingerprint density at radius 1 is 1.20 bits per heavy atom. The van der Waals surface area contributed by atoms with Crippen molar-refractivity contribution in [3.63, 3.8) is 0 Å². The summed E-state index contributed by atoms with van der Waals surface area (Å²) < 4.78 is 11.2. The number of hydrogen-bond donors (Lipinski definition) is 1. The molecule has 1 aromatic carbocycles. The number of rotatable bonds is 4. The number of ether oxygens (including phenoxy) is 2. The van der Waals surface area contributed by atoms with E-state index in [2.05, 4.69) is 25.1 Å². The van der Waals surface area contributed by atoms with Crippen molar-refractivity contribution < 1.29 is 9.47 Å². The number of nitrogens with two attached hydrogens (primary N) is 1. The summed E-state index contributed by atoms with van der Waals surface area (Å²) in [5, 5.41) is 0. The molecule has 0 bridgehead atoms. The van der Waals surface area contributed by atoms with Crippen LogP contribution in [0.15, 0.2) is 24.3 Å². The minimum Gasteiger partial charge on any atom is -0.493 e. The van der Waals surface area contributed by atoms with Crippen LogP contribution in [0.5, 0.6) is 5.75 Å². The predicted octanol–water partition coefficient (Wildman–Crippen LogP) is 3.22. The highest BCUT2D eigenvalue weighted by atomic mass is 16.5. The van der Waals surface area contributed by atoms with Gasteiger partial charge in [0.25, 0.3) is 0 Å². The second kappa shape index (κ2) is 5.38. The smallest absolute Gasteiger partial charge is 0.119 e. The first-order valence-electron chi connectivity index (χ1n) is 7.70. The van der Waals surface area contributed by atoms with E-state index in [0.29, 0.717) is 6.61 Å². The van der Waals surface area contributed by atoms with Crippen molar-refractivity contribution in [2.75, 3.05) is 19.8 Å². The lowest BCUT2D eigenvalue weighted by atomic mass is 9.77. The van der Waals surface area contributed by atoms with Crippen LogP contribution < -0.4 is 10.5 Å². The Kier molecular flexibility index (Phi) is 3.74. The monoisotopic (exact) mass is 275 g/mol. The van der Waals surface area contributed by atoms with Crippen LogP contribution in [0, 0.1) is 5.41 Å². The molecule has 0 radical (unpaired) electrons. The summed E-state index contributed by atoms with van der Waals surface area (Å²) in [5.41, 5.74) is 7.85. The number of hydrogen-bond acceptors (Lipinski definition) is 3. The molecular weight excluding hydrogens is 250 g/mol. The largest absolute Gasteiger partial charge is 0.493 e. The molecule has 3 heteroatoms. The molecule has 1 aliphatic heterocycles. The first kappa shape index (κ1) is 13.9. The summed E-state index contributed by atoms with van der Waals surface area (Å²) in [6.45, 7) is 4.51. The van der Waals surface area contributed by atoms with E-state index in [-0.39, 0.29) is 11.0 Å². The zero-order valence-electron chi connectivity index (χ0n) is 12.4. The average molecular weight is 275 g/mol. The lowest BCUT2D eigenvalue weighted by Gasteiger charge is -2.37. The van der Waals surface area contributed by atoms with Gasteiger partial charge in [-0.15, -0.1) is 0 Å². The van der Waals surface area contributed by atoms with Crippen molar-refractivity contribution in [1.82, 2.24) is 0 Å². The molecule has 2 fully saturated rings. The van der Waals surface area contributed by atoms with E-state index in [4.69, 9.17) is 15.2 Å². The SMILES string of the molecule is CC1(COc2cccc(C3(N)CCCCC3)c2)COC1. The second-order valence-corrected chi connectivity index (χ2v) is 6.84. The van der Waals surface area contributed by atoms with Crippen molar-refractivity contribution in [3.8, 4) is 5.75 Å². The minimum atomic E-state index is -0.152. The van der Waals surface area contributed by atoms with E-state index in [1.165, 1.54) is 24.8 Å². The summed E-state index contributed by atoms with van der Waals surface area (Å²) in [7, 11) is 0. The van der Waals surface area contributed by atoms with E-state index in [1.54, 1.807) is 0 Å². The number of benzene rings is 1. The quantitative estimate of drug-likeness (QED) is 0.917. The van der Waals surface area contributed by atoms with Gasteiger partial charge in [0.05, 0.1) is 19.8 Å². The fraction of sp³-hybridized carbons (Fsp3) is 0.647. The molecule has 110 valence electrons. The molecule has 20 heavy (non-hydrogen) atoms.